The van der Waals surface area contributed by atoms with E-state index < -0.39 is 0 Å². The first kappa shape index (κ1) is 12.5. The van der Waals surface area contributed by atoms with E-state index in [1.165, 1.54) is 11.1 Å². The SMILES string of the molecule is COc1ccc(CN(C)Cc2ccoc2)cc1N. The van der Waals surface area contributed by atoms with Crippen LogP contribution in [0.2, 0.25) is 0 Å². The first-order valence-electron chi connectivity index (χ1n) is 5.81. The minimum atomic E-state index is 0.673. The predicted molar refractivity (Wildman–Crippen MR) is 71.3 cm³/mol. The summed E-state index contributed by atoms with van der Waals surface area (Å²) in [7, 11) is 3.68. The summed E-state index contributed by atoms with van der Waals surface area (Å²) < 4.78 is 10.2. The minimum absolute atomic E-state index is 0.673. The Kier molecular flexibility index (Phi) is 3.89. The number of methoxy groups -OCH3 is 1. The molecule has 1 aromatic heterocycles. The molecule has 0 atom stereocenters. The van der Waals surface area contributed by atoms with Gasteiger partial charge in [0.05, 0.1) is 25.3 Å². The van der Waals surface area contributed by atoms with Crippen LogP contribution in [0.15, 0.2) is 41.2 Å². The smallest absolute Gasteiger partial charge is 0.141 e. The quantitative estimate of drug-likeness (QED) is 0.823. The van der Waals surface area contributed by atoms with Crippen molar-refractivity contribution < 1.29 is 9.15 Å². The van der Waals surface area contributed by atoms with Crippen molar-refractivity contribution in [1.82, 2.24) is 4.90 Å². The molecular weight excluding hydrogens is 228 g/mol. The summed E-state index contributed by atoms with van der Waals surface area (Å²) in [6.07, 6.45) is 3.45. The van der Waals surface area contributed by atoms with Crippen molar-refractivity contribution in [3.63, 3.8) is 0 Å². The first-order valence-corrected chi connectivity index (χ1v) is 5.81. The van der Waals surface area contributed by atoms with E-state index in [0.29, 0.717) is 5.69 Å². The van der Waals surface area contributed by atoms with Gasteiger partial charge in [0.2, 0.25) is 0 Å². The molecule has 0 saturated carbocycles. The molecule has 0 aliphatic rings. The minimum Gasteiger partial charge on any atom is -0.495 e. The number of hydrogen-bond acceptors (Lipinski definition) is 4. The third-order valence-corrected chi connectivity index (χ3v) is 2.78. The fourth-order valence-electron chi connectivity index (χ4n) is 1.94. The maximum absolute atomic E-state index is 5.89. The third-order valence-electron chi connectivity index (χ3n) is 2.78. The molecule has 0 aliphatic carbocycles. The molecule has 4 nitrogen and oxygen atoms in total. The van der Waals surface area contributed by atoms with E-state index in [1.807, 2.05) is 24.3 Å². The summed E-state index contributed by atoms with van der Waals surface area (Å²) in [6, 6.07) is 7.85. The van der Waals surface area contributed by atoms with Crippen LogP contribution < -0.4 is 10.5 Å². The number of ether oxygens (including phenoxy) is 1. The zero-order valence-corrected chi connectivity index (χ0v) is 10.7. The van der Waals surface area contributed by atoms with Crippen molar-refractivity contribution in [3.05, 3.63) is 47.9 Å². The summed E-state index contributed by atoms with van der Waals surface area (Å²) >= 11 is 0. The Labute approximate surface area is 107 Å². The van der Waals surface area contributed by atoms with E-state index >= 15 is 0 Å². The highest BCUT2D eigenvalue weighted by molar-refractivity contribution is 5.54. The van der Waals surface area contributed by atoms with Crippen LogP contribution in [0.4, 0.5) is 5.69 Å². The van der Waals surface area contributed by atoms with Gasteiger partial charge in [-0.3, -0.25) is 4.90 Å². The molecule has 2 N–H and O–H groups in total. The van der Waals surface area contributed by atoms with Gasteiger partial charge < -0.3 is 14.9 Å². The van der Waals surface area contributed by atoms with Crippen LogP contribution in [0, 0.1) is 0 Å². The third kappa shape index (κ3) is 3.05. The van der Waals surface area contributed by atoms with Crippen molar-refractivity contribution in [2.24, 2.45) is 0 Å². The van der Waals surface area contributed by atoms with Crippen LogP contribution in [0.5, 0.6) is 5.75 Å². The van der Waals surface area contributed by atoms with Gasteiger partial charge in [0.15, 0.2) is 0 Å². The van der Waals surface area contributed by atoms with E-state index in [9.17, 15) is 0 Å². The number of hydrogen-bond donors (Lipinski definition) is 1. The lowest BCUT2D eigenvalue weighted by molar-refractivity contribution is 0.317. The average Bonchev–Trinajstić information content (AvgIpc) is 2.82. The Morgan fingerprint density at radius 1 is 1.22 bits per heavy atom. The molecule has 0 aliphatic heterocycles. The molecule has 0 unspecified atom stereocenters. The highest BCUT2D eigenvalue weighted by Crippen LogP contribution is 2.22. The van der Waals surface area contributed by atoms with Crippen molar-refractivity contribution >= 4 is 5.69 Å². The molecule has 2 aromatic rings. The van der Waals surface area contributed by atoms with Gasteiger partial charge >= 0.3 is 0 Å². The predicted octanol–water partition coefficient (Wildman–Crippen LogP) is 2.50. The summed E-state index contributed by atoms with van der Waals surface area (Å²) in [5, 5.41) is 0. The Morgan fingerprint density at radius 2 is 2.00 bits per heavy atom. The van der Waals surface area contributed by atoms with Crippen LogP contribution in [-0.4, -0.2) is 19.1 Å². The fourth-order valence-corrected chi connectivity index (χ4v) is 1.94. The van der Waals surface area contributed by atoms with Gasteiger partial charge in [0.25, 0.3) is 0 Å². The Morgan fingerprint density at radius 3 is 2.61 bits per heavy atom. The van der Waals surface area contributed by atoms with E-state index in [4.69, 9.17) is 14.9 Å². The van der Waals surface area contributed by atoms with E-state index in [-0.39, 0.29) is 0 Å². The Hall–Kier alpha value is -1.94. The number of nitrogens with zero attached hydrogens (tertiary/aromatic N) is 1. The molecule has 0 radical (unpaired) electrons. The monoisotopic (exact) mass is 246 g/mol. The van der Waals surface area contributed by atoms with Crippen molar-refractivity contribution in [2.75, 3.05) is 19.9 Å². The van der Waals surface area contributed by atoms with Crippen molar-refractivity contribution in [3.8, 4) is 5.75 Å². The number of furan rings is 1. The molecule has 1 aromatic carbocycles. The van der Waals surface area contributed by atoms with Gasteiger partial charge in [0, 0.05) is 18.7 Å². The molecule has 96 valence electrons. The number of benzene rings is 1. The van der Waals surface area contributed by atoms with Crippen LogP contribution in [0.1, 0.15) is 11.1 Å². The van der Waals surface area contributed by atoms with Crippen LogP contribution >= 0.6 is 0 Å². The maximum Gasteiger partial charge on any atom is 0.141 e. The molecule has 0 spiro atoms. The number of rotatable bonds is 5. The molecule has 0 saturated heterocycles. The van der Waals surface area contributed by atoms with Crippen molar-refractivity contribution in [1.29, 1.82) is 0 Å². The molecule has 0 bridgehead atoms. The summed E-state index contributed by atoms with van der Waals surface area (Å²) in [4.78, 5) is 2.20. The van der Waals surface area contributed by atoms with Gasteiger partial charge in [-0.05, 0) is 30.8 Å². The maximum atomic E-state index is 5.89. The summed E-state index contributed by atoms with van der Waals surface area (Å²) in [5.74, 6) is 0.719. The van der Waals surface area contributed by atoms with Crippen molar-refractivity contribution in [2.45, 2.75) is 13.1 Å². The van der Waals surface area contributed by atoms with E-state index in [0.717, 1.165) is 18.8 Å². The Balaban J connectivity index is 1.98. The second kappa shape index (κ2) is 5.60. The highest BCUT2D eigenvalue weighted by atomic mass is 16.5. The Bertz CT molecular complexity index is 495. The van der Waals surface area contributed by atoms with Crippen LogP contribution in [0.25, 0.3) is 0 Å². The largest absolute Gasteiger partial charge is 0.495 e. The van der Waals surface area contributed by atoms with Gasteiger partial charge in [-0.15, -0.1) is 0 Å². The first-order chi connectivity index (χ1) is 8.69. The second-order valence-electron chi connectivity index (χ2n) is 4.38. The van der Waals surface area contributed by atoms with Crippen LogP contribution in [0.3, 0.4) is 0 Å². The molecule has 0 amide bonds. The van der Waals surface area contributed by atoms with E-state index in [1.54, 1.807) is 19.6 Å². The number of anilines is 1. The molecule has 1 heterocycles. The fraction of sp³-hybridized carbons (Fsp3) is 0.286. The molecule has 2 rings (SSSR count). The molecular formula is C14H18N2O2. The standard InChI is InChI=1S/C14H18N2O2/c1-16(9-12-5-6-18-10-12)8-11-3-4-14(17-2)13(15)7-11/h3-7,10H,8-9,15H2,1-2H3. The second-order valence-corrected chi connectivity index (χ2v) is 4.38. The number of nitrogens with two attached hydrogens (primary N) is 1. The molecule has 0 fully saturated rings. The molecule has 4 heteroatoms. The van der Waals surface area contributed by atoms with Gasteiger partial charge in [0.1, 0.15) is 5.75 Å². The highest BCUT2D eigenvalue weighted by Gasteiger charge is 2.05. The van der Waals surface area contributed by atoms with E-state index in [2.05, 4.69) is 11.9 Å². The van der Waals surface area contributed by atoms with Gasteiger partial charge in [-0.1, -0.05) is 6.07 Å². The number of nitrogen functional groups attached to an aromatic ring is 1. The van der Waals surface area contributed by atoms with Gasteiger partial charge in [-0.25, -0.2) is 0 Å². The topological polar surface area (TPSA) is 51.6 Å². The lowest BCUT2D eigenvalue weighted by atomic mass is 10.1. The lowest BCUT2D eigenvalue weighted by Crippen LogP contribution is -2.16. The summed E-state index contributed by atoms with van der Waals surface area (Å²) in [5.41, 5.74) is 8.89. The normalized spacial score (nSPS) is 10.8. The summed E-state index contributed by atoms with van der Waals surface area (Å²) in [6.45, 7) is 1.68. The zero-order chi connectivity index (χ0) is 13.0. The lowest BCUT2D eigenvalue weighted by Gasteiger charge is -2.16. The zero-order valence-electron chi connectivity index (χ0n) is 10.7. The van der Waals surface area contributed by atoms with Gasteiger partial charge in [-0.2, -0.15) is 0 Å². The van der Waals surface area contributed by atoms with Crippen LogP contribution in [-0.2, 0) is 13.1 Å². The average molecular weight is 246 g/mol. The molecule has 18 heavy (non-hydrogen) atoms.